The molecule has 2 aliphatic heterocycles. The van der Waals surface area contributed by atoms with Crippen LogP contribution < -0.4 is 0 Å². The van der Waals surface area contributed by atoms with Gasteiger partial charge >= 0.3 is 0 Å². The van der Waals surface area contributed by atoms with Crippen molar-refractivity contribution in [2.75, 3.05) is 13.2 Å². The van der Waals surface area contributed by atoms with Gasteiger partial charge in [-0.3, -0.25) is 4.79 Å². The Balaban J connectivity index is 1.10. The van der Waals surface area contributed by atoms with Crippen LogP contribution in [0.2, 0.25) is 0 Å². The molecule has 7 nitrogen and oxygen atoms in total. The van der Waals surface area contributed by atoms with E-state index in [9.17, 15) is 4.79 Å². The smallest absolute Gasteiger partial charge is 0.223 e. The van der Waals surface area contributed by atoms with Crippen molar-refractivity contribution in [2.45, 2.75) is 64.3 Å². The van der Waals surface area contributed by atoms with Crippen LogP contribution in [-0.4, -0.2) is 49.3 Å². The number of amides is 1. The maximum atomic E-state index is 13.0. The number of nitrogens with zero attached hydrogens (tertiary/aromatic N) is 5. The number of benzene rings is 1. The molecular weight excluding hydrogens is 462 g/mol. The normalized spacial score (nSPS) is 22.1. The molecule has 0 spiro atoms. The largest absolute Gasteiger partial charge is 0.357 e. The number of aryl methyl sites for hydroxylation is 1. The number of fused-ring (bicyclic) bond motifs is 1. The summed E-state index contributed by atoms with van der Waals surface area (Å²) >= 11 is 0. The lowest BCUT2D eigenvalue weighted by molar-refractivity contribution is -0.131. The van der Waals surface area contributed by atoms with Crippen molar-refractivity contribution in [2.24, 2.45) is 5.92 Å². The van der Waals surface area contributed by atoms with Crippen LogP contribution in [0.25, 0.3) is 22.3 Å². The third-order valence-corrected chi connectivity index (χ3v) is 7.88. The van der Waals surface area contributed by atoms with Gasteiger partial charge in [0.2, 0.25) is 5.91 Å². The molecular formula is C30H35N5O2. The zero-order valence-corrected chi connectivity index (χ0v) is 21.5. The summed E-state index contributed by atoms with van der Waals surface area (Å²) in [5.74, 6) is 0.710. The van der Waals surface area contributed by atoms with Gasteiger partial charge in [0.05, 0.1) is 22.9 Å². The van der Waals surface area contributed by atoms with E-state index in [4.69, 9.17) is 9.72 Å². The van der Waals surface area contributed by atoms with E-state index in [0.29, 0.717) is 12.3 Å². The molecule has 0 aliphatic carbocycles. The van der Waals surface area contributed by atoms with Crippen molar-refractivity contribution in [3.8, 4) is 11.3 Å². The minimum atomic E-state index is 0.0332. The number of aromatic nitrogens is 4. The molecule has 3 atom stereocenters. The molecule has 0 radical (unpaired) electrons. The van der Waals surface area contributed by atoms with E-state index in [0.717, 1.165) is 67.7 Å². The minimum Gasteiger partial charge on any atom is -0.357 e. The Morgan fingerprint density at radius 3 is 2.84 bits per heavy atom. The van der Waals surface area contributed by atoms with Crippen molar-refractivity contribution < 1.29 is 9.53 Å². The highest BCUT2D eigenvalue weighted by Gasteiger charge is 2.32. The molecule has 2 aliphatic rings. The lowest BCUT2D eigenvalue weighted by Gasteiger charge is -2.22. The Kier molecular flexibility index (Phi) is 6.79. The SMILES string of the molecule is C[C@H]1C[C@@H](Cn2ccc3nc(-c4cnn(C5CCCCO5)c4)ccc32)CN1C(=O)CCc1ccccc1. The van der Waals surface area contributed by atoms with Gasteiger partial charge in [-0.05, 0) is 68.7 Å². The maximum Gasteiger partial charge on any atom is 0.223 e. The van der Waals surface area contributed by atoms with Gasteiger partial charge in [-0.1, -0.05) is 30.3 Å². The maximum absolute atomic E-state index is 13.0. The molecule has 1 unspecified atom stereocenters. The molecule has 4 aromatic rings. The molecule has 5 heterocycles. The number of carbonyl (C=O) groups excluding carboxylic acids is 1. The highest BCUT2D eigenvalue weighted by atomic mass is 16.5. The molecule has 1 aromatic carbocycles. The van der Waals surface area contributed by atoms with Crippen LogP contribution >= 0.6 is 0 Å². The Labute approximate surface area is 218 Å². The first-order valence-electron chi connectivity index (χ1n) is 13.6. The quantitative estimate of drug-likeness (QED) is 0.340. The topological polar surface area (TPSA) is 65.2 Å². The van der Waals surface area contributed by atoms with Crippen molar-refractivity contribution in [1.82, 2.24) is 24.2 Å². The van der Waals surface area contributed by atoms with Crippen LogP contribution in [0.15, 0.2) is 67.1 Å². The summed E-state index contributed by atoms with van der Waals surface area (Å²) < 4.78 is 10.1. The highest BCUT2D eigenvalue weighted by molar-refractivity contribution is 5.79. The lowest BCUT2D eigenvalue weighted by atomic mass is 10.1. The van der Waals surface area contributed by atoms with Crippen molar-refractivity contribution in [3.05, 3.63) is 72.7 Å². The third-order valence-electron chi connectivity index (χ3n) is 7.88. The number of hydrogen-bond acceptors (Lipinski definition) is 4. The van der Waals surface area contributed by atoms with Gasteiger partial charge < -0.3 is 14.2 Å². The second kappa shape index (κ2) is 10.5. The van der Waals surface area contributed by atoms with Crippen LogP contribution in [0.4, 0.5) is 0 Å². The first-order valence-corrected chi connectivity index (χ1v) is 13.6. The first-order chi connectivity index (χ1) is 18.1. The average molecular weight is 498 g/mol. The number of ether oxygens (including phenoxy) is 1. The summed E-state index contributed by atoms with van der Waals surface area (Å²) in [5, 5.41) is 4.54. The predicted octanol–water partition coefficient (Wildman–Crippen LogP) is 5.47. The van der Waals surface area contributed by atoms with E-state index in [1.807, 2.05) is 35.3 Å². The Morgan fingerprint density at radius 1 is 1.11 bits per heavy atom. The van der Waals surface area contributed by atoms with Crippen LogP contribution in [0.3, 0.4) is 0 Å². The second-order valence-corrected chi connectivity index (χ2v) is 10.6. The fourth-order valence-corrected chi connectivity index (χ4v) is 5.89. The van der Waals surface area contributed by atoms with Crippen molar-refractivity contribution in [1.29, 1.82) is 0 Å². The molecule has 192 valence electrons. The predicted molar refractivity (Wildman–Crippen MR) is 144 cm³/mol. The summed E-state index contributed by atoms with van der Waals surface area (Å²) in [6.07, 6.45) is 11.8. The zero-order valence-electron chi connectivity index (χ0n) is 21.5. The number of carbonyl (C=O) groups is 1. The van der Waals surface area contributed by atoms with Gasteiger partial charge in [0.25, 0.3) is 0 Å². The monoisotopic (exact) mass is 497 g/mol. The first kappa shape index (κ1) is 23.9. The molecule has 37 heavy (non-hydrogen) atoms. The molecule has 0 bridgehead atoms. The van der Waals surface area contributed by atoms with Crippen LogP contribution in [0, 0.1) is 5.92 Å². The average Bonchev–Trinajstić information content (AvgIpc) is 3.67. The third kappa shape index (κ3) is 5.18. The van der Waals surface area contributed by atoms with Crippen LogP contribution in [0.5, 0.6) is 0 Å². The molecule has 1 amide bonds. The second-order valence-electron chi connectivity index (χ2n) is 10.6. The fourth-order valence-electron chi connectivity index (χ4n) is 5.89. The number of rotatable bonds is 7. The summed E-state index contributed by atoms with van der Waals surface area (Å²) in [5.41, 5.74) is 5.28. The number of pyridine rings is 1. The van der Waals surface area contributed by atoms with E-state index in [1.54, 1.807) is 0 Å². The van der Waals surface area contributed by atoms with Gasteiger partial charge in [0.1, 0.15) is 6.23 Å². The standard InChI is InChI=1S/C30H35N5O2/c1-22-17-24(20-34(22)29(36)13-10-23-7-3-2-4-8-23)19-33-15-14-27-28(33)12-11-26(32-27)25-18-31-35(21-25)30-9-5-6-16-37-30/h2-4,7-8,11-12,14-15,18,21-22,24,30H,5-6,9-10,13,16-17,19-20H2,1H3/t22-,24-,30?/m0/s1. The van der Waals surface area contributed by atoms with Gasteiger partial charge in [0.15, 0.2) is 0 Å². The summed E-state index contributed by atoms with van der Waals surface area (Å²) in [4.78, 5) is 20.0. The molecule has 2 saturated heterocycles. The van der Waals surface area contributed by atoms with E-state index in [2.05, 4.69) is 58.0 Å². The van der Waals surface area contributed by atoms with E-state index >= 15 is 0 Å². The summed E-state index contributed by atoms with van der Waals surface area (Å²) in [6, 6.07) is 16.9. The molecule has 6 rings (SSSR count). The Hall–Kier alpha value is -3.45. The van der Waals surface area contributed by atoms with Gasteiger partial charge in [-0.2, -0.15) is 5.10 Å². The molecule has 2 fully saturated rings. The number of hydrogen-bond donors (Lipinski definition) is 0. The zero-order chi connectivity index (χ0) is 25.2. The van der Waals surface area contributed by atoms with Crippen molar-refractivity contribution in [3.63, 3.8) is 0 Å². The van der Waals surface area contributed by atoms with Crippen LogP contribution in [-0.2, 0) is 22.5 Å². The molecule has 3 aromatic heterocycles. The Morgan fingerprint density at radius 2 is 2.00 bits per heavy atom. The Bertz CT molecular complexity index is 1350. The van der Waals surface area contributed by atoms with E-state index < -0.39 is 0 Å². The fraction of sp³-hybridized carbons (Fsp3) is 0.433. The molecule has 7 heteroatoms. The number of likely N-dealkylation sites (tertiary alicyclic amines) is 1. The summed E-state index contributed by atoms with van der Waals surface area (Å²) in [6.45, 7) is 4.70. The lowest BCUT2D eigenvalue weighted by Crippen LogP contribution is -2.34. The minimum absolute atomic E-state index is 0.0332. The van der Waals surface area contributed by atoms with Gasteiger partial charge in [-0.15, -0.1) is 0 Å². The molecule has 0 N–H and O–H groups in total. The van der Waals surface area contributed by atoms with E-state index in [1.165, 1.54) is 12.0 Å². The van der Waals surface area contributed by atoms with Crippen molar-refractivity contribution >= 4 is 16.9 Å². The van der Waals surface area contributed by atoms with Crippen LogP contribution in [0.1, 0.15) is 50.8 Å². The van der Waals surface area contributed by atoms with Gasteiger partial charge in [0, 0.05) is 50.1 Å². The summed E-state index contributed by atoms with van der Waals surface area (Å²) in [7, 11) is 0. The van der Waals surface area contributed by atoms with Gasteiger partial charge in [-0.25, -0.2) is 9.67 Å². The molecule has 0 saturated carbocycles. The van der Waals surface area contributed by atoms with E-state index in [-0.39, 0.29) is 18.2 Å². The highest BCUT2D eigenvalue weighted by Crippen LogP contribution is 2.29.